The van der Waals surface area contributed by atoms with Gasteiger partial charge in [0.2, 0.25) is 0 Å². The SMILES string of the molecule is C.CC(=O)/C=C/c1ccc2nc(C3(CC(=O)c4ccc5c(C6CCCC6)c(-c6ncc(Br)cn6)n(C)c5c4)CCC3)n(C)c2c1.Cn1c(C2(CC(=O)c3ccc4c(C5CCCC5)c(-c5ncc(Br)cn5)n(C)c4c3)CCC2)nc2ccc(/C=C/C(=O)O)cc21.[I][V][I]. The van der Waals surface area contributed by atoms with Crippen LogP contribution in [0.3, 0.4) is 0 Å². The van der Waals surface area contributed by atoms with Crippen LogP contribution >= 0.6 is 71.8 Å². The molecule has 475 valence electrons. The van der Waals surface area contributed by atoms with Gasteiger partial charge in [-0.3, -0.25) is 14.4 Å². The number of ketones is 3. The third kappa shape index (κ3) is 13.4. The third-order valence-corrected chi connectivity index (χ3v) is 20.4. The number of allylic oxidation sites excluding steroid dienone is 1. The number of aryl methyl sites for hydroxylation is 4. The van der Waals surface area contributed by atoms with Gasteiger partial charge in [-0.2, -0.15) is 0 Å². The number of benzene rings is 4. The second-order valence-electron chi connectivity index (χ2n) is 25.2. The second kappa shape index (κ2) is 28.5. The average molecular weight is 1620 g/mol. The quantitative estimate of drug-likeness (QED) is 0.0551. The molecule has 14 rings (SSSR count). The summed E-state index contributed by atoms with van der Waals surface area (Å²) >= 11 is 11.7. The number of carbonyl (C=O) groups is 4. The number of carboxylic acid groups (broad SMARTS) is 1. The molecule has 20 heteroatoms. The number of hydrogen-bond donors (Lipinski definition) is 1. The first-order valence-electron chi connectivity index (χ1n) is 31.1. The van der Waals surface area contributed by atoms with E-state index in [4.69, 9.17) is 15.1 Å². The topological polar surface area (TPSA) is 186 Å². The van der Waals surface area contributed by atoms with Crippen molar-refractivity contribution in [1.29, 1.82) is 0 Å². The van der Waals surface area contributed by atoms with E-state index in [9.17, 15) is 19.2 Å². The van der Waals surface area contributed by atoms with E-state index in [0.717, 1.165) is 145 Å². The molecule has 4 saturated carbocycles. The van der Waals surface area contributed by atoms with Crippen molar-refractivity contribution in [2.24, 2.45) is 28.2 Å². The van der Waals surface area contributed by atoms with Crippen LogP contribution in [0.15, 0.2) is 119 Å². The van der Waals surface area contributed by atoms with Crippen LogP contribution in [0.1, 0.15) is 184 Å². The fourth-order valence-corrected chi connectivity index (χ4v) is 15.3. The third-order valence-electron chi connectivity index (χ3n) is 19.6. The van der Waals surface area contributed by atoms with Crippen LogP contribution in [0, 0.1) is 0 Å². The van der Waals surface area contributed by atoms with Crippen molar-refractivity contribution < 1.29 is 33.8 Å². The molecule has 4 fully saturated rings. The molecular weight excluding hydrogens is 1550 g/mol. The zero-order valence-electron chi connectivity index (χ0n) is 51.5. The van der Waals surface area contributed by atoms with Crippen LogP contribution in [0.25, 0.3) is 79.1 Å². The number of aliphatic carboxylic acids is 1. The van der Waals surface area contributed by atoms with E-state index in [2.05, 4.69) is 154 Å². The minimum atomic E-state index is -0.983. The molecule has 1 N–H and O–H groups in total. The Morgan fingerprint density at radius 1 is 0.554 bits per heavy atom. The number of rotatable bonds is 16. The van der Waals surface area contributed by atoms with E-state index in [1.165, 1.54) is 60.4 Å². The summed E-state index contributed by atoms with van der Waals surface area (Å²) in [4.78, 5) is 79.2. The van der Waals surface area contributed by atoms with Gasteiger partial charge < -0.3 is 23.4 Å². The number of imidazole rings is 2. The summed E-state index contributed by atoms with van der Waals surface area (Å²) in [6, 6.07) is 24.2. The van der Waals surface area contributed by atoms with E-state index in [1.807, 2.05) is 62.6 Å². The van der Waals surface area contributed by atoms with Crippen molar-refractivity contribution in [3.05, 3.63) is 164 Å². The van der Waals surface area contributed by atoms with Gasteiger partial charge in [-0.1, -0.05) is 88.4 Å². The van der Waals surface area contributed by atoms with Gasteiger partial charge in [0.05, 0.1) is 42.4 Å². The molecule has 0 saturated heterocycles. The standard InChI is InChI=1S/C36H36BrN5O2.C35H34BrN5O3.CH4.2HI.V/c1-22(43)9-10-23-11-14-28-30(17-23)42(3)35(40-28)36(15-6-16-36)19-31(44)25-12-13-27-29(18-25)41(2)33(32(27)24-7-4-5-8-24)34-38-20-26(37)21-39-34;1-40-27-17-23(10-11-25(27)31(22-6-3-4-7-22)32(40)33-37-19-24(36)20-38-33)29(42)18-35(14-5-15-35)34-39-26-12-8-21(9-13-30(43)44)16-28(26)41(34)2;;;;/h9-14,17-18,20-21,24H,4-8,15-16,19H2,1-3H3;8-13,16-17,19-20,22H,3-7,14-15,18H2,1-2H3,(H,43,44);1H4;2*1H;/q;;;;;+2/p-2/b10-9+;13-9+;;;;. The maximum atomic E-state index is 14.0. The number of carbonyl (C=O) groups excluding carboxylic acids is 3. The van der Waals surface area contributed by atoms with E-state index in [1.54, 1.807) is 43.9 Å². The van der Waals surface area contributed by atoms with Crippen molar-refractivity contribution in [2.75, 3.05) is 0 Å². The van der Waals surface area contributed by atoms with Gasteiger partial charge in [0.1, 0.15) is 11.6 Å². The molecule has 6 aromatic heterocycles. The zero-order chi connectivity index (χ0) is 63.9. The fourth-order valence-electron chi connectivity index (χ4n) is 14.9. The van der Waals surface area contributed by atoms with Gasteiger partial charge in [0, 0.05) is 116 Å². The summed E-state index contributed by atoms with van der Waals surface area (Å²) in [5.41, 5.74) is 13.1. The Labute approximate surface area is 582 Å². The monoisotopic (exact) mass is 1620 g/mol. The van der Waals surface area contributed by atoms with E-state index in [-0.39, 0.29) is 35.6 Å². The Balaban J connectivity index is 0.000000179. The van der Waals surface area contributed by atoms with Gasteiger partial charge in [-0.25, -0.2) is 34.7 Å². The molecule has 10 aromatic rings. The Bertz CT molecular complexity index is 4240. The number of aromatic nitrogens is 10. The molecule has 4 aliphatic carbocycles. The van der Waals surface area contributed by atoms with Crippen molar-refractivity contribution in [2.45, 2.75) is 140 Å². The van der Waals surface area contributed by atoms with Gasteiger partial charge >= 0.3 is 55.4 Å². The zero-order valence-corrected chi connectivity index (χ0v) is 60.4. The summed E-state index contributed by atoms with van der Waals surface area (Å²) in [7, 11) is 8.79. The van der Waals surface area contributed by atoms with Crippen LogP contribution in [-0.4, -0.2) is 76.6 Å². The average Bonchev–Trinajstić information content (AvgIpc) is 1.42. The summed E-state index contributed by atoms with van der Waals surface area (Å²) in [6.07, 6.45) is 29.5. The molecule has 4 aromatic carbocycles. The Morgan fingerprint density at radius 2 is 0.935 bits per heavy atom. The Hall–Kier alpha value is -5.98. The van der Waals surface area contributed by atoms with Gasteiger partial charge in [0.15, 0.2) is 29.0 Å². The summed E-state index contributed by atoms with van der Waals surface area (Å²) in [5, 5.41) is 11.4. The molecule has 0 radical (unpaired) electrons. The summed E-state index contributed by atoms with van der Waals surface area (Å²) in [6.45, 7) is 1.55. The van der Waals surface area contributed by atoms with Crippen LogP contribution in [0.5, 0.6) is 0 Å². The van der Waals surface area contributed by atoms with Crippen molar-refractivity contribution in [3.8, 4) is 23.0 Å². The molecule has 6 heterocycles. The summed E-state index contributed by atoms with van der Waals surface area (Å²) < 4.78 is 10.3. The predicted octanol–water partition coefficient (Wildman–Crippen LogP) is 18.4. The predicted molar refractivity (Wildman–Crippen MR) is 387 cm³/mol. The van der Waals surface area contributed by atoms with E-state index in [0.29, 0.717) is 45.5 Å². The number of nitrogens with zero attached hydrogens (tertiary/aromatic N) is 10. The molecule has 0 bridgehead atoms. The van der Waals surface area contributed by atoms with Gasteiger partial charge in [0.25, 0.3) is 0 Å². The molecule has 0 amide bonds. The maximum absolute atomic E-state index is 14.0. The normalized spacial score (nSPS) is 16.1. The first kappa shape index (κ1) is 67.4. The first-order chi connectivity index (χ1) is 43.9. The number of fused-ring (bicyclic) bond motifs is 4. The minimum absolute atomic E-state index is 0. The molecule has 0 aliphatic heterocycles. The number of hydrogen-bond acceptors (Lipinski definition) is 10. The molecule has 15 nitrogen and oxygen atoms in total. The molecule has 0 atom stereocenters. The number of carboxylic acids is 1. The van der Waals surface area contributed by atoms with Crippen LogP contribution in [0.4, 0.5) is 0 Å². The molecule has 0 unspecified atom stereocenters. The number of halogens is 4. The second-order valence-corrected chi connectivity index (χ2v) is 38.8. The first-order valence-corrected chi connectivity index (χ1v) is 41.7. The number of Topliss-reactive ketones (excluding diaryl/α,β-unsaturated/α-hetero) is 2. The molecule has 0 spiro atoms. The van der Waals surface area contributed by atoms with Crippen molar-refractivity contribution >= 4 is 151 Å². The van der Waals surface area contributed by atoms with Gasteiger partial charge in [-0.05, 0) is 173 Å². The van der Waals surface area contributed by atoms with Crippen LogP contribution < -0.4 is 0 Å². The molecular formula is C72H74Br2I2N10O5V. The summed E-state index contributed by atoms with van der Waals surface area (Å²) in [5.74, 6) is 3.54. The fraction of sp³-hybridized carbons (Fsp3) is 0.361. The van der Waals surface area contributed by atoms with Crippen molar-refractivity contribution in [3.63, 3.8) is 0 Å². The van der Waals surface area contributed by atoms with Crippen LogP contribution in [-0.2, 0) is 58.1 Å². The van der Waals surface area contributed by atoms with E-state index >= 15 is 0 Å². The Kier molecular flexibility index (Phi) is 20.9. The van der Waals surface area contributed by atoms with E-state index < -0.39 is 5.97 Å². The molecule has 4 aliphatic rings. The van der Waals surface area contributed by atoms with Gasteiger partial charge in [-0.15, -0.1) is 0 Å². The van der Waals surface area contributed by atoms with Crippen molar-refractivity contribution in [1.82, 2.24) is 48.2 Å². The Morgan fingerprint density at radius 3 is 1.28 bits per heavy atom. The van der Waals surface area contributed by atoms with Crippen LogP contribution in [0.2, 0.25) is 0 Å². The molecule has 92 heavy (non-hydrogen) atoms.